The van der Waals surface area contributed by atoms with Gasteiger partial charge < -0.3 is 9.26 Å². The summed E-state index contributed by atoms with van der Waals surface area (Å²) in [5, 5.41) is 16.0. The fraction of sp³-hybridized carbons (Fsp3) is 0.174. The Morgan fingerprint density at radius 1 is 1.15 bits per heavy atom. The van der Waals surface area contributed by atoms with E-state index in [0.29, 0.717) is 33.3 Å². The van der Waals surface area contributed by atoms with Crippen molar-refractivity contribution in [1.29, 1.82) is 0 Å². The highest BCUT2D eigenvalue weighted by atomic mass is 32.2. The van der Waals surface area contributed by atoms with Gasteiger partial charge in [0.25, 0.3) is 5.56 Å². The van der Waals surface area contributed by atoms with E-state index in [-0.39, 0.29) is 29.6 Å². The van der Waals surface area contributed by atoms with E-state index in [1.165, 1.54) is 11.8 Å². The van der Waals surface area contributed by atoms with E-state index in [2.05, 4.69) is 20.7 Å². The Morgan fingerprint density at radius 2 is 1.94 bits per heavy atom. The molecule has 5 aromatic rings. The summed E-state index contributed by atoms with van der Waals surface area (Å²) in [7, 11) is 1.59. The fourth-order valence-electron chi connectivity index (χ4n) is 3.70. The molecule has 34 heavy (non-hydrogen) atoms. The SMILES string of the molecule is COc1ccccc1Cn1c(=O)c2ccccc2n2c(SCC(=O)Nc3cc(C)no3)nnc12. The predicted molar refractivity (Wildman–Crippen MR) is 127 cm³/mol. The normalized spacial score (nSPS) is 11.2. The van der Waals surface area contributed by atoms with Crippen molar-refractivity contribution in [1.82, 2.24) is 24.3 Å². The van der Waals surface area contributed by atoms with E-state index in [9.17, 15) is 9.59 Å². The first-order chi connectivity index (χ1) is 16.5. The second-order valence-electron chi connectivity index (χ2n) is 7.51. The van der Waals surface area contributed by atoms with Gasteiger partial charge in [0.15, 0.2) is 5.16 Å². The first-order valence-electron chi connectivity index (χ1n) is 10.4. The van der Waals surface area contributed by atoms with E-state index in [0.717, 1.165) is 5.56 Å². The van der Waals surface area contributed by atoms with Crippen LogP contribution in [0.4, 0.5) is 5.88 Å². The van der Waals surface area contributed by atoms with E-state index in [4.69, 9.17) is 9.26 Å². The molecule has 11 heteroatoms. The zero-order valence-corrected chi connectivity index (χ0v) is 19.2. The van der Waals surface area contributed by atoms with Crippen LogP contribution in [0, 0.1) is 6.92 Å². The van der Waals surface area contributed by atoms with Gasteiger partial charge in [0, 0.05) is 11.6 Å². The van der Waals surface area contributed by atoms with Crippen LogP contribution in [0.5, 0.6) is 5.75 Å². The molecule has 2 aromatic carbocycles. The number of carbonyl (C=O) groups excluding carboxylic acids is 1. The number of rotatable bonds is 7. The second kappa shape index (κ2) is 9.02. The summed E-state index contributed by atoms with van der Waals surface area (Å²) in [6.45, 7) is 2.03. The van der Waals surface area contributed by atoms with Gasteiger partial charge in [0.05, 0.1) is 36.0 Å². The summed E-state index contributed by atoms with van der Waals surface area (Å²) in [6.07, 6.45) is 0. The third-order valence-electron chi connectivity index (χ3n) is 5.22. The molecule has 1 amide bonds. The van der Waals surface area contributed by atoms with Crippen molar-refractivity contribution in [2.75, 3.05) is 18.2 Å². The first-order valence-corrected chi connectivity index (χ1v) is 11.4. The van der Waals surface area contributed by atoms with Crippen molar-refractivity contribution in [2.24, 2.45) is 0 Å². The highest BCUT2D eigenvalue weighted by molar-refractivity contribution is 7.99. The van der Waals surface area contributed by atoms with Crippen LogP contribution < -0.4 is 15.6 Å². The lowest BCUT2D eigenvalue weighted by Crippen LogP contribution is -2.24. The minimum absolute atomic E-state index is 0.0699. The molecule has 3 heterocycles. The summed E-state index contributed by atoms with van der Waals surface area (Å²) in [6, 6.07) is 16.4. The number of aromatic nitrogens is 5. The van der Waals surface area contributed by atoms with Crippen LogP contribution in [0.2, 0.25) is 0 Å². The third kappa shape index (κ3) is 4.01. The number of fused-ring (bicyclic) bond motifs is 3. The topological polar surface area (TPSA) is 117 Å². The largest absolute Gasteiger partial charge is 0.496 e. The maximum Gasteiger partial charge on any atom is 0.263 e. The minimum Gasteiger partial charge on any atom is -0.496 e. The Bertz CT molecular complexity index is 1570. The Morgan fingerprint density at radius 3 is 2.74 bits per heavy atom. The summed E-state index contributed by atoms with van der Waals surface area (Å²) in [5.74, 6) is 1.13. The molecule has 0 spiro atoms. The molecular formula is C23H20N6O4S. The van der Waals surface area contributed by atoms with Gasteiger partial charge in [0.1, 0.15) is 5.75 Å². The van der Waals surface area contributed by atoms with E-state index in [1.54, 1.807) is 35.1 Å². The van der Waals surface area contributed by atoms with Gasteiger partial charge in [-0.15, -0.1) is 10.2 Å². The zero-order valence-electron chi connectivity index (χ0n) is 18.4. The van der Waals surface area contributed by atoms with Crippen molar-refractivity contribution in [3.63, 3.8) is 0 Å². The number of ether oxygens (including phenoxy) is 1. The number of hydrogen-bond donors (Lipinski definition) is 1. The molecule has 0 radical (unpaired) electrons. The Hall–Kier alpha value is -4.12. The molecule has 0 unspecified atom stereocenters. The fourth-order valence-corrected chi connectivity index (χ4v) is 4.44. The number of nitrogens with zero attached hydrogens (tertiary/aromatic N) is 5. The van der Waals surface area contributed by atoms with Crippen LogP contribution in [0.1, 0.15) is 11.3 Å². The number of amides is 1. The maximum atomic E-state index is 13.4. The highest BCUT2D eigenvalue weighted by Crippen LogP contribution is 2.24. The average Bonchev–Trinajstić information content (AvgIpc) is 3.46. The lowest BCUT2D eigenvalue weighted by atomic mass is 10.2. The Balaban J connectivity index is 1.53. The molecule has 0 saturated carbocycles. The van der Waals surface area contributed by atoms with Gasteiger partial charge in [-0.25, -0.2) is 0 Å². The molecule has 0 aliphatic rings. The number of anilines is 1. The predicted octanol–water partition coefficient (Wildman–Crippen LogP) is 3.13. The first kappa shape index (κ1) is 21.7. The number of carbonyl (C=O) groups is 1. The van der Waals surface area contributed by atoms with Crippen molar-refractivity contribution in [3.05, 3.63) is 76.2 Å². The van der Waals surface area contributed by atoms with Crippen molar-refractivity contribution >= 4 is 40.2 Å². The van der Waals surface area contributed by atoms with E-state index < -0.39 is 0 Å². The van der Waals surface area contributed by atoms with Crippen molar-refractivity contribution in [3.8, 4) is 5.75 Å². The van der Waals surface area contributed by atoms with Gasteiger partial charge in [-0.3, -0.25) is 23.9 Å². The summed E-state index contributed by atoms with van der Waals surface area (Å²) in [5.41, 5.74) is 1.99. The monoisotopic (exact) mass is 476 g/mol. The molecule has 0 fully saturated rings. The van der Waals surface area contributed by atoms with E-state index in [1.807, 2.05) is 42.5 Å². The molecule has 3 aromatic heterocycles. The number of methoxy groups -OCH3 is 1. The summed E-state index contributed by atoms with van der Waals surface area (Å²) in [4.78, 5) is 25.8. The zero-order chi connectivity index (χ0) is 23.7. The standard InChI is InChI=1S/C23H20N6O4S/c1-14-11-20(33-27-14)24-19(30)13-34-23-26-25-22-28(12-15-7-3-6-10-18(15)32-2)21(31)16-8-4-5-9-17(16)29(22)23/h3-11H,12-13H2,1-2H3,(H,24,30). The number of hydrogen-bond acceptors (Lipinski definition) is 8. The summed E-state index contributed by atoms with van der Waals surface area (Å²) < 4.78 is 13.8. The summed E-state index contributed by atoms with van der Waals surface area (Å²) >= 11 is 1.21. The molecule has 5 rings (SSSR count). The second-order valence-corrected chi connectivity index (χ2v) is 8.45. The molecule has 10 nitrogen and oxygen atoms in total. The molecule has 172 valence electrons. The van der Waals surface area contributed by atoms with Gasteiger partial charge in [-0.1, -0.05) is 47.3 Å². The van der Waals surface area contributed by atoms with Crippen LogP contribution in [-0.4, -0.2) is 43.1 Å². The number of benzene rings is 2. The maximum absolute atomic E-state index is 13.4. The lowest BCUT2D eigenvalue weighted by molar-refractivity contribution is -0.113. The Kier molecular flexibility index (Phi) is 5.76. The smallest absolute Gasteiger partial charge is 0.263 e. The molecule has 0 aliphatic carbocycles. The van der Waals surface area contributed by atoms with Crippen molar-refractivity contribution in [2.45, 2.75) is 18.6 Å². The van der Waals surface area contributed by atoms with Crippen molar-refractivity contribution < 1.29 is 14.1 Å². The number of aryl methyl sites for hydroxylation is 1. The van der Waals surface area contributed by atoms with E-state index >= 15 is 0 Å². The van der Waals surface area contributed by atoms with Gasteiger partial charge in [0.2, 0.25) is 17.6 Å². The molecule has 0 aliphatic heterocycles. The quantitative estimate of drug-likeness (QED) is 0.356. The molecule has 1 N–H and O–H groups in total. The third-order valence-corrected chi connectivity index (χ3v) is 6.15. The van der Waals surface area contributed by atoms with Crippen LogP contribution in [0.3, 0.4) is 0 Å². The minimum atomic E-state index is -0.274. The van der Waals surface area contributed by atoms with Gasteiger partial charge >= 0.3 is 0 Å². The molecule has 0 atom stereocenters. The highest BCUT2D eigenvalue weighted by Gasteiger charge is 2.19. The average molecular weight is 477 g/mol. The number of thioether (sulfide) groups is 1. The van der Waals surface area contributed by atoms with Crippen LogP contribution in [-0.2, 0) is 11.3 Å². The lowest BCUT2D eigenvalue weighted by Gasteiger charge is -2.13. The molecule has 0 saturated heterocycles. The molecule has 0 bridgehead atoms. The number of nitrogens with one attached hydrogen (secondary N) is 1. The Labute approximate surface area is 197 Å². The van der Waals surface area contributed by atoms with Crippen LogP contribution >= 0.6 is 11.8 Å². The molecular weight excluding hydrogens is 456 g/mol. The van der Waals surface area contributed by atoms with Gasteiger partial charge in [-0.2, -0.15) is 0 Å². The van der Waals surface area contributed by atoms with Crippen LogP contribution in [0.25, 0.3) is 16.7 Å². The number of para-hydroxylation sites is 2. The van der Waals surface area contributed by atoms with Crippen LogP contribution in [0.15, 0.2) is 69.1 Å². The van der Waals surface area contributed by atoms with Gasteiger partial charge in [-0.05, 0) is 25.1 Å².